The Balaban J connectivity index is 1.56. The fourth-order valence-electron chi connectivity index (χ4n) is 4.58. The Morgan fingerprint density at radius 3 is 2.93 bits per heavy atom. The molecule has 1 aromatic heterocycles. The first-order valence-electron chi connectivity index (χ1n) is 10.0. The number of aromatic hydroxyl groups is 1. The number of piperidine rings is 1. The summed E-state index contributed by atoms with van der Waals surface area (Å²) in [5, 5.41) is 22.8. The number of hydrogen-bond donors (Lipinski definition) is 2. The molecule has 2 N–H and O–H groups in total. The number of halogens is 1. The zero-order valence-corrected chi connectivity index (χ0v) is 16.6. The van der Waals surface area contributed by atoms with Gasteiger partial charge in [-0.1, -0.05) is 6.07 Å². The molecule has 0 amide bonds. The van der Waals surface area contributed by atoms with Crippen molar-refractivity contribution < 1.29 is 19.0 Å². The molecule has 7 nitrogen and oxygen atoms in total. The Morgan fingerprint density at radius 2 is 2.14 bits per heavy atom. The molecule has 1 aromatic carbocycles. The number of nitrogens with zero attached hydrogens (tertiary/aromatic N) is 3. The lowest BCUT2D eigenvalue weighted by molar-refractivity contribution is -0.0675. The van der Waals surface area contributed by atoms with Gasteiger partial charge in [0.15, 0.2) is 12.1 Å². The number of likely N-dealkylation sites (N-methyl/N-ethyl adjacent to an activating group) is 1. The van der Waals surface area contributed by atoms with E-state index in [9.17, 15) is 9.50 Å². The van der Waals surface area contributed by atoms with Crippen molar-refractivity contribution in [2.24, 2.45) is 0 Å². The molecule has 4 heterocycles. The predicted molar refractivity (Wildman–Crippen MR) is 106 cm³/mol. The molecule has 4 atom stereocenters. The van der Waals surface area contributed by atoms with Crippen molar-refractivity contribution in [3.05, 3.63) is 34.9 Å². The van der Waals surface area contributed by atoms with Gasteiger partial charge in [0.1, 0.15) is 17.6 Å². The molecule has 29 heavy (non-hydrogen) atoms. The third-order valence-corrected chi connectivity index (χ3v) is 5.86. The summed E-state index contributed by atoms with van der Waals surface area (Å²) >= 11 is 0. The lowest BCUT2D eigenvalue weighted by Gasteiger charge is -2.34. The molecular formula is C21H25FN4O3. The second-order valence-corrected chi connectivity index (χ2v) is 8.33. The van der Waals surface area contributed by atoms with Crippen LogP contribution >= 0.6 is 0 Å². The Kier molecular flexibility index (Phi) is 4.64. The van der Waals surface area contributed by atoms with Gasteiger partial charge in [-0.2, -0.15) is 0 Å². The van der Waals surface area contributed by atoms with Gasteiger partial charge >= 0.3 is 0 Å². The van der Waals surface area contributed by atoms with Crippen LogP contribution in [0, 0.1) is 6.92 Å². The summed E-state index contributed by atoms with van der Waals surface area (Å²) in [6, 6.07) is 5.43. The van der Waals surface area contributed by atoms with E-state index >= 15 is 0 Å². The molecule has 154 valence electrons. The maximum Gasteiger partial charge on any atom is 0.186 e. The third kappa shape index (κ3) is 3.45. The van der Waals surface area contributed by atoms with E-state index in [2.05, 4.69) is 15.5 Å². The minimum atomic E-state index is -0.860. The van der Waals surface area contributed by atoms with Crippen LogP contribution in [0.3, 0.4) is 0 Å². The van der Waals surface area contributed by atoms with Crippen LogP contribution in [0.1, 0.15) is 29.4 Å². The highest BCUT2D eigenvalue weighted by Crippen LogP contribution is 2.44. The molecule has 0 spiro atoms. The average molecular weight is 400 g/mol. The van der Waals surface area contributed by atoms with E-state index in [4.69, 9.17) is 9.47 Å². The summed E-state index contributed by atoms with van der Waals surface area (Å²) in [6.45, 7) is 3.64. The summed E-state index contributed by atoms with van der Waals surface area (Å²) < 4.78 is 25.8. The van der Waals surface area contributed by atoms with Crippen molar-refractivity contribution in [2.45, 2.75) is 44.4 Å². The molecule has 0 unspecified atom stereocenters. The first kappa shape index (κ1) is 18.7. The van der Waals surface area contributed by atoms with Gasteiger partial charge in [0, 0.05) is 48.7 Å². The second-order valence-electron chi connectivity index (χ2n) is 8.33. The molecule has 2 saturated heterocycles. The van der Waals surface area contributed by atoms with Crippen LogP contribution in [0.25, 0.3) is 11.3 Å². The van der Waals surface area contributed by atoms with Gasteiger partial charge in [-0.25, -0.2) is 4.39 Å². The van der Waals surface area contributed by atoms with Crippen molar-refractivity contribution in [1.82, 2.24) is 15.1 Å². The Labute approximate surface area is 168 Å². The van der Waals surface area contributed by atoms with Crippen molar-refractivity contribution in [3.63, 3.8) is 0 Å². The Hall–Kier alpha value is -2.29. The van der Waals surface area contributed by atoms with Gasteiger partial charge in [-0.05, 0) is 31.7 Å². The maximum atomic E-state index is 14.0. The SMILES string of the molecule is Cc1ccc(-c2nnc(N[C@@H]3C[C@@H](F)CN(C)C3)c3c2[C@@H]2OC[C@H](C3)O2)c(O)c1. The van der Waals surface area contributed by atoms with E-state index in [1.54, 1.807) is 6.07 Å². The second kappa shape index (κ2) is 7.19. The first-order valence-corrected chi connectivity index (χ1v) is 10.0. The zero-order valence-electron chi connectivity index (χ0n) is 16.6. The van der Waals surface area contributed by atoms with Crippen LogP contribution in [0.4, 0.5) is 10.2 Å². The smallest absolute Gasteiger partial charge is 0.186 e. The molecular weight excluding hydrogens is 375 g/mol. The van der Waals surface area contributed by atoms with E-state index in [0.29, 0.717) is 43.1 Å². The van der Waals surface area contributed by atoms with E-state index in [1.165, 1.54) is 0 Å². The number of nitrogens with one attached hydrogen (secondary N) is 1. The van der Waals surface area contributed by atoms with Crippen molar-refractivity contribution in [1.29, 1.82) is 0 Å². The van der Waals surface area contributed by atoms with Gasteiger partial charge in [0.2, 0.25) is 0 Å². The van der Waals surface area contributed by atoms with E-state index in [-0.39, 0.29) is 17.9 Å². The Morgan fingerprint density at radius 1 is 1.28 bits per heavy atom. The fourth-order valence-corrected chi connectivity index (χ4v) is 4.58. The number of ether oxygens (including phenoxy) is 2. The van der Waals surface area contributed by atoms with Crippen LogP contribution in [-0.4, -0.2) is 65.3 Å². The summed E-state index contributed by atoms with van der Waals surface area (Å²) in [6.07, 6.45) is -0.328. The van der Waals surface area contributed by atoms with Crippen LogP contribution < -0.4 is 5.32 Å². The normalized spacial score (nSPS) is 28.9. The number of anilines is 1. The van der Waals surface area contributed by atoms with Gasteiger partial charge in [0.25, 0.3) is 0 Å². The van der Waals surface area contributed by atoms with Crippen molar-refractivity contribution in [2.75, 3.05) is 32.1 Å². The summed E-state index contributed by atoms with van der Waals surface area (Å²) in [5.41, 5.74) is 3.91. The lowest BCUT2D eigenvalue weighted by atomic mass is 9.94. The Bertz CT molecular complexity index is 930. The monoisotopic (exact) mass is 400 g/mol. The number of aryl methyl sites for hydroxylation is 1. The molecule has 0 aliphatic carbocycles. The topological polar surface area (TPSA) is 79.7 Å². The van der Waals surface area contributed by atoms with Crippen LogP contribution in [0.2, 0.25) is 0 Å². The maximum absolute atomic E-state index is 14.0. The predicted octanol–water partition coefficient (Wildman–Crippen LogP) is 2.58. The summed E-state index contributed by atoms with van der Waals surface area (Å²) in [7, 11) is 1.92. The minimum Gasteiger partial charge on any atom is -0.507 e. The summed E-state index contributed by atoms with van der Waals surface area (Å²) in [4.78, 5) is 1.99. The molecule has 3 aliphatic rings. The molecule has 0 radical (unpaired) electrons. The third-order valence-electron chi connectivity index (χ3n) is 5.86. The number of likely N-dealkylation sites (tertiary alicyclic amines) is 1. The average Bonchev–Trinajstić information content (AvgIpc) is 3.03. The number of phenolic OH excluding ortho intramolecular Hbond substituents is 1. The van der Waals surface area contributed by atoms with E-state index < -0.39 is 12.5 Å². The molecule has 0 saturated carbocycles. The number of fused-ring (bicyclic) bond motifs is 4. The molecule has 2 bridgehead atoms. The van der Waals surface area contributed by atoms with Crippen LogP contribution in [0.5, 0.6) is 5.75 Å². The molecule has 2 aromatic rings. The number of rotatable bonds is 3. The van der Waals surface area contributed by atoms with E-state index in [1.807, 2.05) is 31.0 Å². The van der Waals surface area contributed by atoms with Crippen LogP contribution in [0.15, 0.2) is 18.2 Å². The number of benzene rings is 1. The van der Waals surface area contributed by atoms with Crippen molar-refractivity contribution >= 4 is 5.82 Å². The molecule has 8 heteroatoms. The van der Waals surface area contributed by atoms with Crippen LogP contribution in [-0.2, 0) is 15.9 Å². The van der Waals surface area contributed by atoms with Gasteiger partial charge in [-0.15, -0.1) is 10.2 Å². The standard InChI is InChI=1S/C21H25FN4O3/c1-11-3-4-15(17(27)5-11)19-18-16(7-14-10-28-21(18)29-14)20(25-24-19)23-13-6-12(22)8-26(2)9-13/h3-5,12-14,21,27H,6-10H2,1-2H3,(H,23,25)/t12-,13-,14+,21-/m1/s1. The first-order chi connectivity index (χ1) is 14.0. The quantitative estimate of drug-likeness (QED) is 0.820. The van der Waals surface area contributed by atoms with Gasteiger partial charge in [-0.3, -0.25) is 0 Å². The number of alkyl halides is 1. The number of phenols is 1. The minimum absolute atomic E-state index is 0.0281. The highest BCUT2D eigenvalue weighted by Gasteiger charge is 2.40. The van der Waals surface area contributed by atoms with Gasteiger partial charge in [0.05, 0.1) is 12.7 Å². The largest absolute Gasteiger partial charge is 0.507 e. The lowest BCUT2D eigenvalue weighted by Crippen LogP contribution is -2.45. The van der Waals surface area contributed by atoms with Crippen molar-refractivity contribution in [3.8, 4) is 17.0 Å². The number of hydrogen-bond acceptors (Lipinski definition) is 7. The van der Waals surface area contributed by atoms with Gasteiger partial charge < -0.3 is 24.8 Å². The fraction of sp³-hybridized carbons (Fsp3) is 0.524. The molecule has 5 rings (SSSR count). The highest BCUT2D eigenvalue weighted by atomic mass is 19.1. The molecule has 2 fully saturated rings. The number of aromatic nitrogens is 2. The van der Waals surface area contributed by atoms with E-state index in [0.717, 1.165) is 23.2 Å². The highest BCUT2D eigenvalue weighted by molar-refractivity contribution is 5.73. The summed E-state index contributed by atoms with van der Waals surface area (Å²) in [5.74, 6) is 0.808. The zero-order chi connectivity index (χ0) is 20.1. The molecule has 3 aliphatic heterocycles.